The van der Waals surface area contributed by atoms with Gasteiger partial charge in [0, 0.05) is 18.7 Å². The highest BCUT2D eigenvalue weighted by Crippen LogP contribution is 2.50. The third-order valence-corrected chi connectivity index (χ3v) is 9.56. The first-order valence-electron chi connectivity index (χ1n) is 7.85. The molecule has 1 N–H and O–H groups in total. The van der Waals surface area contributed by atoms with Crippen molar-refractivity contribution in [2.24, 2.45) is 0 Å². The summed E-state index contributed by atoms with van der Waals surface area (Å²) < 4.78 is 19.3. The van der Waals surface area contributed by atoms with Gasteiger partial charge >= 0.3 is 5.69 Å². The van der Waals surface area contributed by atoms with E-state index in [0.29, 0.717) is 13.0 Å². The summed E-state index contributed by atoms with van der Waals surface area (Å²) >= 11 is 0. The number of nitrogens with zero attached hydrogens (tertiary/aromatic N) is 1. The number of epoxide rings is 1. The van der Waals surface area contributed by atoms with Crippen LogP contribution in [0, 0.1) is 0 Å². The minimum absolute atomic E-state index is 0.0794. The van der Waals surface area contributed by atoms with Crippen LogP contribution in [0.1, 0.15) is 33.4 Å². The van der Waals surface area contributed by atoms with Crippen LogP contribution in [0.25, 0.3) is 0 Å². The van der Waals surface area contributed by atoms with Crippen molar-refractivity contribution in [3.8, 4) is 0 Å². The molecule has 1 spiro atoms. The summed E-state index contributed by atoms with van der Waals surface area (Å²) in [7, 11) is -1.98. The highest BCUT2D eigenvalue weighted by atomic mass is 28.4. The van der Waals surface area contributed by atoms with Gasteiger partial charge in [0.15, 0.2) is 8.32 Å². The van der Waals surface area contributed by atoms with Gasteiger partial charge in [-0.15, -0.1) is 0 Å². The minimum atomic E-state index is -1.98. The Balaban J connectivity index is 1.83. The highest BCUT2D eigenvalue weighted by molar-refractivity contribution is 6.74. The van der Waals surface area contributed by atoms with Crippen LogP contribution in [-0.2, 0) is 13.9 Å². The summed E-state index contributed by atoms with van der Waals surface area (Å²) in [5.41, 5.74) is -0.901. The number of H-pyrrole nitrogens is 1. The Hall–Kier alpha value is -1.22. The lowest BCUT2D eigenvalue weighted by Gasteiger charge is -2.38. The molecular weight excluding hydrogens is 316 g/mol. The van der Waals surface area contributed by atoms with Crippen molar-refractivity contribution in [3.05, 3.63) is 33.1 Å². The third kappa shape index (κ3) is 2.96. The Labute approximate surface area is 135 Å². The largest absolute Gasteiger partial charge is 0.408 e. The first kappa shape index (κ1) is 16.6. The van der Waals surface area contributed by atoms with Crippen molar-refractivity contribution in [1.82, 2.24) is 9.55 Å². The van der Waals surface area contributed by atoms with Crippen molar-refractivity contribution in [2.45, 2.75) is 63.4 Å². The standard InChI is InChI=1S/C15H24N2O5Si/c1-14(2,3)23(4,5)22-10-8-12(21-15(10)9-20-15)17-7-6-11(18)16-13(17)19/h6-7,10,12H,8-9H2,1-5H3,(H,16,18,19)/t10?,12-,15+/m1/s1. The Kier molecular flexibility index (Phi) is 3.71. The zero-order chi connectivity index (χ0) is 17.0. The number of hydrogen-bond donors (Lipinski definition) is 1. The summed E-state index contributed by atoms with van der Waals surface area (Å²) in [6.45, 7) is 11.4. The molecule has 2 aliphatic rings. The van der Waals surface area contributed by atoms with Crippen LogP contribution < -0.4 is 11.2 Å². The number of rotatable bonds is 3. The number of nitrogens with one attached hydrogen (secondary N) is 1. The van der Waals surface area contributed by atoms with Gasteiger partial charge in [-0.25, -0.2) is 4.79 Å². The van der Waals surface area contributed by atoms with Crippen LogP contribution in [0.4, 0.5) is 0 Å². The monoisotopic (exact) mass is 340 g/mol. The van der Waals surface area contributed by atoms with Crippen LogP contribution in [0.15, 0.2) is 21.9 Å². The van der Waals surface area contributed by atoms with Gasteiger partial charge in [-0.2, -0.15) is 0 Å². The Morgan fingerprint density at radius 1 is 1.39 bits per heavy atom. The lowest BCUT2D eigenvalue weighted by molar-refractivity contribution is -0.0953. The number of aromatic amines is 1. The zero-order valence-corrected chi connectivity index (χ0v) is 15.2. The topological polar surface area (TPSA) is 85.9 Å². The lowest BCUT2D eigenvalue weighted by atomic mass is 10.2. The molecule has 3 atom stereocenters. The van der Waals surface area contributed by atoms with Gasteiger partial charge in [-0.3, -0.25) is 14.3 Å². The maximum absolute atomic E-state index is 12.0. The maximum atomic E-state index is 12.0. The van der Waals surface area contributed by atoms with E-state index in [1.54, 1.807) is 0 Å². The number of ether oxygens (including phenoxy) is 2. The van der Waals surface area contributed by atoms with Gasteiger partial charge in [0.2, 0.25) is 5.79 Å². The van der Waals surface area contributed by atoms with Crippen LogP contribution in [-0.4, -0.2) is 36.4 Å². The van der Waals surface area contributed by atoms with Crippen molar-refractivity contribution in [1.29, 1.82) is 0 Å². The molecule has 1 aromatic rings. The normalized spacial score (nSPS) is 30.8. The van der Waals surface area contributed by atoms with E-state index in [-0.39, 0.29) is 11.1 Å². The van der Waals surface area contributed by atoms with E-state index in [0.717, 1.165) is 0 Å². The predicted octanol–water partition coefficient (Wildman–Crippen LogP) is 1.57. The van der Waals surface area contributed by atoms with Crippen LogP contribution in [0.2, 0.25) is 18.1 Å². The summed E-state index contributed by atoms with van der Waals surface area (Å²) in [5, 5.41) is 0.0794. The summed E-state index contributed by atoms with van der Waals surface area (Å²) in [6.07, 6.45) is 1.29. The maximum Gasteiger partial charge on any atom is 0.330 e. The van der Waals surface area contributed by atoms with Crippen molar-refractivity contribution < 1.29 is 13.9 Å². The average molecular weight is 340 g/mol. The first-order chi connectivity index (χ1) is 10.5. The van der Waals surface area contributed by atoms with Crippen LogP contribution in [0.5, 0.6) is 0 Å². The minimum Gasteiger partial charge on any atom is -0.408 e. The fraction of sp³-hybridized carbons (Fsp3) is 0.733. The molecule has 0 amide bonds. The van der Waals surface area contributed by atoms with E-state index in [2.05, 4.69) is 38.8 Å². The summed E-state index contributed by atoms with van der Waals surface area (Å²) in [5.74, 6) is -0.740. The van der Waals surface area contributed by atoms with Crippen molar-refractivity contribution in [2.75, 3.05) is 6.61 Å². The molecule has 0 saturated carbocycles. The van der Waals surface area contributed by atoms with Gasteiger partial charge in [0.25, 0.3) is 5.56 Å². The molecule has 3 heterocycles. The zero-order valence-electron chi connectivity index (χ0n) is 14.2. The van der Waals surface area contributed by atoms with Crippen molar-refractivity contribution >= 4 is 8.32 Å². The average Bonchev–Trinajstić information content (AvgIpc) is 3.08. The first-order valence-corrected chi connectivity index (χ1v) is 10.8. The Bertz CT molecular complexity index is 714. The molecule has 1 unspecified atom stereocenters. The highest BCUT2D eigenvalue weighted by Gasteiger charge is 2.62. The third-order valence-electron chi connectivity index (χ3n) is 5.08. The van der Waals surface area contributed by atoms with Gasteiger partial charge in [0.05, 0.1) is 0 Å². The molecule has 2 aliphatic heterocycles. The molecule has 2 saturated heterocycles. The molecule has 1 aromatic heterocycles. The molecular formula is C15H24N2O5Si. The second-order valence-corrected chi connectivity index (χ2v) is 12.5. The van der Waals surface area contributed by atoms with E-state index >= 15 is 0 Å². The number of hydrogen-bond acceptors (Lipinski definition) is 5. The second kappa shape index (κ2) is 5.14. The fourth-order valence-corrected chi connectivity index (χ4v) is 3.88. The van der Waals surface area contributed by atoms with Crippen molar-refractivity contribution in [3.63, 3.8) is 0 Å². The molecule has 0 aliphatic carbocycles. The second-order valence-electron chi connectivity index (χ2n) is 7.79. The summed E-state index contributed by atoms with van der Waals surface area (Å²) in [6, 6.07) is 1.31. The molecule has 23 heavy (non-hydrogen) atoms. The van der Waals surface area contributed by atoms with Gasteiger partial charge in [0.1, 0.15) is 18.9 Å². The SMILES string of the molecule is CC(C)(C)[Si](C)(C)OC1C[C@H](n2ccc(=O)[nH]c2=O)O[C@@]12CO2. The van der Waals surface area contributed by atoms with Gasteiger partial charge in [-0.05, 0) is 18.1 Å². The lowest BCUT2D eigenvalue weighted by Crippen LogP contribution is -2.46. The smallest absolute Gasteiger partial charge is 0.330 e. The Morgan fingerprint density at radius 2 is 2.04 bits per heavy atom. The van der Waals surface area contributed by atoms with E-state index in [4.69, 9.17) is 13.9 Å². The molecule has 0 radical (unpaired) electrons. The molecule has 0 aromatic carbocycles. The quantitative estimate of drug-likeness (QED) is 0.667. The number of aromatic nitrogens is 2. The molecule has 2 fully saturated rings. The van der Waals surface area contributed by atoms with Gasteiger partial charge in [-0.1, -0.05) is 20.8 Å². The Morgan fingerprint density at radius 3 is 2.57 bits per heavy atom. The fourth-order valence-electron chi connectivity index (χ4n) is 2.54. The summed E-state index contributed by atoms with van der Waals surface area (Å²) in [4.78, 5) is 25.4. The van der Waals surface area contributed by atoms with Gasteiger partial charge < -0.3 is 13.9 Å². The van der Waals surface area contributed by atoms with E-state index in [1.807, 2.05) is 0 Å². The van der Waals surface area contributed by atoms with E-state index < -0.39 is 31.6 Å². The van der Waals surface area contributed by atoms with Crippen LogP contribution >= 0.6 is 0 Å². The predicted molar refractivity (Wildman–Crippen MR) is 86.8 cm³/mol. The van der Waals surface area contributed by atoms with E-state index in [9.17, 15) is 9.59 Å². The van der Waals surface area contributed by atoms with Crippen LogP contribution in [0.3, 0.4) is 0 Å². The van der Waals surface area contributed by atoms with E-state index in [1.165, 1.54) is 16.8 Å². The molecule has 128 valence electrons. The molecule has 3 rings (SSSR count). The molecule has 8 heteroatoms. The molecule has 0 bridgehead atoms. The molecule has 7 nitrogen and oxygen atoms in total.